The summed E-state index contributed by atoms with van der Waals surface area (Å²) in [4.78, 5) is 31.1. The van der Waals surface area contributed by atoms with Crippen molar-refractivity contribution in [2.45, 2.75) is 26.8 Å². The third kappa shape index (κ3) is 5.07. The average molecular weight is 457 g/mol. The fourth-order valence-electron chi connectivity index (χ4n) is 3.55. The zero-order valence-electron chi connectivity index (χ0n) is 19.0. The first kappa shape index (κ1) is 22.6. The Morgan fingerprint density at radius 3 is 2.65 bits per heavy atom. The molecule has 10 heteroatoms. The number of amides is 2. The minimum Gasteiger partial charge on any atom is -0.344 e. The van der Waals surface area contributed by atoms with Gasteiger partial charge in [-0.1, -0.05) is 23.8 Å². The molecule has 0 spiro atoms. The van der Waals surface area contributed by atoms with E-state index in [9.17, 15) is 9.59 Å². The van der Waals surface area contributed by atoms with Gasteiger partial charge in [-0.3, -0.25) is 9.59 Å². The van der Waals surface area contributed by atoms with Crippen molar-refractivity contribution in [2.24, 2.45) is 0 Å². The van der Waals surface area contributed by atoms with Crippen LogP contribution in [0.5, 0.6) is 0 Å². The van der Waals surface area contributed by atoms with Gasteiger partial charge < -0.3 is 15.6 Å². The van der Waals surface area contributed by atoms with Gasteiger partial charge in [0.05, 0.1) is 17.4 Å². The third-order valence-corrected chi connectivity index (χ3v) is 5.25. The summed E-state index contributed by atoms with van der Waals surface area (Å²) in [6, 6.07) is 12.9. The van der Waals surface area contributed by atoms with Crippen LogP contribution in [0.25, 0.3) is 23.0 Å². The SMILES string of the molecule is Cc1ccc(-n2cnnn2)c(/C=C/C(=O)N[C@@H](C)c2nc(-c3ccc(NC=O)cc3)c(C)[nH]2)c1. The third-order valence-electron chi connectivity index (χ3n) is 5.25. The summed E-state index contributed by atoms with van der Waals surface area (Å²) < 4.78 is 1.55. The van der Waals surface area contributed by atoms with E-state index in [0.717, 1.165) is 33.8 Å². The molecule has 10 nitrogen and oxygen atoms in total. The number of nitrogens with one attached hydrogen (secondary N) is 3. The highest BCUT2D eigenvalue weighted by molar-refractivity contribution is 5.92. The molecule has 2 aromatic heterocycles. The highest BCUT2D eigenvalue weighted by atomic mass is 16.1. The molecule has 2 aromatic carbocycles. The smallest absolute Gasteiger partial charge is 0.244 e. The van der Waals surface area contributed by atoms with Crippen LogP contribution in [0.15, 0.2) is 54.9 Å². The van der Waals surface area contributed by atoms with Crippen molar-refractivity contribution in [1.82, 2.24) is 35.5 Å². The van der Waals surface area contributed by atoms with Gasteiger partial charge in [-0.2, -0.15) is 4.68 Å². The number of carbonyl (C=O) groups is 2. The Morgan fingerprint density at radius 2 is 1.94 bits per heavy atom. The molecule has 0 unspecified atom stereocenters. The summed E-state index contributed by atoms with van der Waals surface area (Å²) >= 11 is 0. The lowest BCUT2D eigenvalue weighted by Gasteiger charge is -2.10. The van der Waals surface area contributed by atoms with Crippen LogP contribution in [0.1, 0.15) is 35.6 Å². The Bertz CT molecular complexity index is 1320. The second-order valence-electron chi connectivity index (χ2n) is 7.82. The van der Waals surface area contributed by atoms with Gasteiger partial charge in [-0.25, -0.2) is 4.98 Å². The highest BCUT2D eigenvalue weighted by Crippen LogP contribution is 2.25. The number of anilines is 1. The molecule has 0 aliphatic carbocycles. The van der Waals surface area contributed by atoms with Crippen LogP contribution in [0, 0.1) is 13.8 Å². The first-order valence-electron chi connectivity index (χ1n) is 10.6. The van der Waals surface area contributed by atoms with Gasteiger partial charge in [0.1, 0.15) is 12.2 Å². The average Bonchev–Trinajstić information content (AvgIpc) is 3.49. The topological polar surface area (TPSA) is 130 Å². The first-order chi connectivity index (χ1) is 16.4. The highest BCUT2D eigenvalue weighted by Gasteiger charge is 2.15. The number of carbonyl (C=O) groups excluding carboxylic acids is 2. The molecule has 4 rings (SSSR count). The monoisotopic (exact) mass is 456 g/mol. The molecule has 34 heavy (non-hydrogen) atoms. The molecule has 1 atom stereocenters. The molecule has 2 heterocycles. The molecule has 4 aromatic rings. The summed E-state index contributed by atoms with van der Waals surface area (Å²) in [5.74, 6) is 0.394. The van der Waals surface area contributed by atoms with E-state index in [1.807, 2.05) is 63.2 Å². The number of aromatic amines is 1. The number of tetrazole rings is 1. The van der Waals surface area contributed by atoms with Crippen molar-refractivity contribution >= 4 is 24.1 Å². The fraction of sp³-hybridized carbons (Fsp3) is 0.167. The molecule has 172 valence electrons. The summed E-state index contributed by atoms with van der Waals surface area (Å²) in [6.45, 7) is 5.77. The molecular weight excluding hydrogens is 432 g/mol. The maximum absolute atomic E-state index is 12.6. The molecule has 0 aliphatic heterocycles. The van der Waals surface area contributed by atoms with Crippen LogP contribution in [0.2, 0.25) is 0 Å². The number of hydrogen-bond donors (Lipinski definition) is 3. The Balaban J connectivity index is 1.47. The predicted molar refractivity (Wildman–Crippen MR) is 128 cm³/mol. The minimum atomic E-state index is -0.336. The summed E-state index contributed by atoms with van der Waals surface area (Å²) in [5.41, 5.74) is 5.93. The maximum atomic E-state index is 12.6. The first-order valence-corrected chi connectivity index (χ1v) is 10.6. The van der Waals surface area contributed by atoms with E-state index in [0.29, 0.717) is 17.9 Å². The van der Waals surface area contributed by atoms with E-state index in [4.69, 9.17) is 0 Å². The number of rotatable bonds is 8. The maximum Gasteiger partial charge on any atom is 0.244 e. The molecule has 3 N–H and O–H groups in total. The van der Waals surface area contributed by atoms with E-state index in [2.05, 4.69) is 36.1 Å². The quantitative estimate of drug-likeness (QED) is 0.276. The summed E-state index contributed by atoms with van der Waals surface area (Å²) in [7, 11) is 0. The second kappa shape index (κ2) is 9.90. The lowest BCUT2D eigenvalue weighted by atomic mass is 10.1. The summed E-state index contributed by atoms with van der Waals surface area (Å²) in [5, 5.41) is 16.8. The van der Waals surface area contributed by atoms with Crippen LogP contribution in [-0.4, -0.2) is 42.5 Å². The van der Waals surface area contributed by atoms with E-state index in [-0.39, 0.29) is 11.9 Å². The normalized spacial score (nSPS) is 12.0. The van der Waals surface area contributed by atoms with Crippen molar-refractivity contribution in [3.63, 3.8) is 0 Å². The van der Waals surface area contributed by atoms with E-state index < -0.39 is 0 Å². The molecule has 2 amide bonds. The van der Waals surface area contributed by atoms with Crippen LogP contribution in [-0.2, 0) is 9.59 Å². The molecule has 0 saturated heterocycles. The van der Waals surface area contributed by atoms with Crippen LogP contribution < -0.4 is 10.6 Å². The number of H-pyrrole nitrogens is 1. The van der Waals surface area contributed by atoms with Gasteiger partial charge in [-0.15, -0.1) is 5.10 Å². The molecule has 0 fully saturated rings. The zero-order valence-corrected chi connectivity index (χ0v) is 19.0. The Morgan fingerprint density at radius 1 is 1.15 bits per heavy atom. The molecule has 0 aliphatic rings. The second-order valence-corrected chi connectivity index (χ2v) is 7.82. The number of aryl methyl sites for hydroxylation is 2. The Hall–Kier alpha value is -4.60. The summed E-state index contributed by atoms with van der Waals surface area (Å²) in [6.07, 6.45) is 5.36. The van der Waals surface area contributed by atoms with Crippen LogP contribution >= 0.6 is 0 Å². The van der Waals surface area contributed by atoms with Crippen molar-refractivity contribution in [2.75, 3.05) is 5.32 Å². The molecule has 0 saturated carbocycles. The lowest BCUT2D eigenvalue weighted by molar-refractivity contribution is -0.117. The molecular formula is C24H24N8O2. The largest absolute Gasteiger partial charge is 0.344 e. The standard InChI is InChI=1S/C24H24N8O2/c1-15-4-10-21(32-13-26-30-31-32)19(12-15)7-11-22(34)27-17(3)24-28-16(2)23(29-24)18-5-8-20(9-6-18)25-14-33/h4-14,17H,1-3H3,(H,25,33)(H,27,34)(H,28,29)/b11-7+/t17-/m0/s1. The van der Waals surface area contributed by atoms with Crippen LogP contribution in [0.4, 0.5) is 5.69 Å². The number of nitrogens with zero attached hydrogens (tertiary/aromatic N) is 5. The van der Waals surface area contributed by atoms with Gasteiger partial charge >= 0.3 is 0 Å². The number of aromatic nitrogens is 6. The van der Waals surface area contributed by atoms with Crippen molar-refractivity contribution in [3.8, 4) is 16.9 Å². The van der Waals surface area contributed by atoms with E-state index in [1.165, 1.54) is 12.4 Å². The van der Waals surface area contributed by atoms with Gasteiger partial charge in [0.25, 0.3) is 0 Å². The Labute approximate surface area is 196 Å². The minimum absolute atomic E-state index is 0.253. The van der Waals surface area contributed by atoms with Gasteiger partial charge in [0, 0.05) is 28.6 Å². The van der Waals surface area contributed by atoms with Gasteiger partial charge in [0.2, 0.25) is 12.3 Å². The molecule has 0 radical (unpaired) electrons. The fourth-order valence-corrected chi connectivity index (χ4v) is 3.55. The number of hydrogen-bond acceptors (Lipinski definition) is 6. The molecule has 0 bridgehead atoms. The number of benzene rings is 2. The van der Waals surface area contributed by atoms with Gasteiger partial charge in [-0.05, 0) is 61.5 Å². The van der Waals surface area contributed by atoms with Crippen molar-refractivity contribution in [1.29, 1.82) is 0 Å². The zero-order chi connectivity index (χ0) is 24.1. The predicted octanol–water partition coefficient (Wildman–Crippen LogP) is 3.13. The lowest BCUT2D eigenvalue weighted by Crippen LogP contribution is -2.25. The number of imidazole rings is 1. The van der Waals surface area contributed by atoms with Gasteiger partial charge in [0.15, 0.2) is 0 Å². The van der Waals surface area contributed by atoms with Crippen LogP contribution in [0.3, 0.4) is 0 Å². The van der Waals surface area contributed by atoms with Crippen molar-refractivity contribution < 1.29 is 9.59 Å². The van der Waals surface area contributed by atoms with E-state index >= 15 is 0 Å². The van der Waals surface area contributed by atoms with E-state index in [1.54, 1.807) is 10.8 Å². The van der Waals surface area contributed by atoms with Crippen molar-refractivity contribution in [3.05, 3.63) is 77.5 Å². The Kier molecular flexibility index (Phi) is 6.58.